The fourth-order valence-corrected chi connectivity index (χ4v) is 5.66. The molecule has 152 valence electrons. The third-order valence-electron chi connectivity index (χ3n) is 5.79. The van der Waals surface area contributed by atoms with E-state index in [0.29, 0.717) is 23.4 Å². The highest BCUT2D eigenvalue weighted by Crippen LogP contribution is 2.46. The van der Waals surface area contributed by atoms with E-state index >= 15 is 0 Å². The summed E-state index contributed by atoms with van der Waals surface area (Å²) in [5.41, 5.74) is 4.91. The minimum Gasteiger partial charge on any atom is -0.364 e. The van der Waals surface area contributed by atoms with E-state index in [-0.39, 0.29) is 16.7 Å². The Labute approximate surface area is 173 Å². The number of imide groups is 1. The van der Waals surface area contributed by atoms with Crippen LogP contribution in [-0.4, -0.2) is 34.2 Å². The molecule has 5 heteroatoms. The summed E-state index contributed by atoms with van der Waals surface area (Å²) in [5.74, 6) is 0.287. The second-order valence-corrected chi connectivity index (χ2v) is 9.98. The van der Waals surface area contributed by atoms with Gasteiger partial charge in [0.05, 0.1) is 4.91 Å². The van der Waals surface area contributed by atoms with E-state index in [1.807, 2.05) is 13.0 Å². The highest BCUT2D eigenvalue weighted by molar-refractivity contribution is 8.18. The predicted octanol–water partition coefficient (Wildman–Crippen LogP) is 5.94. The van der Waals surface area contributed by atoms with Crippen LogP contribution in [0.15, 0.2) is 17.0 Å². The average Bonchev–Trinajstić information content (AvgIpc) is 2.83. The SMILES string of the molecule is CCCN1C(=O)S/C(=C\c2cc3c(cc2C)N(C(C)C)C(C)(C)C[C@H]3C)C1=O. The van der Waals surface area contributed by atoms with Crippen molar-refractivity contribution in [3.05, 3.63) is 33.7 Å². The first-order valence-electron chi connectivity index (χ1n) is 10.3. The van der Waals surface area contributed by atoms with Crippen LogP contribution in [0.2, 0.25) is 0 Å². The van der Waals surface area contributed by atoms with Crippen molar-refractivity contribution < 1.29 is 9.59 Å². The molecule has 1 fully saturated rings. The zero-order valence-electron chi connectivity index (χ0n) is 18.1. The van der Waals surface area contributed by atoms with Crippen LogP contribution in [0.4, 0.5) is 10.5 Å². The zero-order valence-corrected chi connectivity index (χ0v) is 18.9. The first-order chi connectivity index (χ1) is 13.1. The molecule has 3 rings (SSSR count). The summed E-state index contributed by atoms with van der Waals surface area (Å²) in [5, 5.41) is -0.158. The number of fused-ring (bicyclic) bond motifs is 1. The van der Waals surface area contributed by atoms with E-state index in [2.05, 4.69) is 58.6 Å². The second kappa shape index (κ2) is 7.58. The second-order valence-electron chi connectivity index (χ2n) is 8.98. The number of hydrogen-bond donors (Lipinski definition) is 0. The molecule has 28 heavy (non-hydrogen) atoms. The topological polar surface area (TPSA) is 40.6 Å². The van der Waals surface area contributed by atoms with E-state index in [1.54, 1.807) is 0 Å². The lowest BCUT2D eigenvalue weighted by atomic mass is 9.78. The van der Waals surface area contributed by atoms with Crippen molar-refractivity contribution in [1.29, 1.82) is 0 Å². The first-order valence-corrected chi connectivity index (χ1v) is 11.1. The largest absolute Gasteiger partial charge is 0.364 e. The van der Waals surface area contributed by atoms with E-state index in [0.717, 1.165) is 35.7 Å². The Morgan fingerprint density at radius 3 is 2.57 bits per heavy atom. The molecule has 2 heterocycles. The Hall–Kier alpha value is -1.75. The quantitative estimate of drug-likeness (QED) is 0.586. The Morgan fingerprint density at radius 1 is 1.29 bits per heavy atom. The van der Waals surface area contributed by atoms with Gasteiger partial charge in [0.15, 0.2) is 0 Å². The maximum Gasteiger partial charge on any atom is 0.293 e. The number of anilines is 1. The number of aryl methyl sites for hydroxylation is 1. The van der Waals surface area contributed by atoms with Crippen LogP contribution in [0, 0.1) is 6.92 Å². The molecule has 2 aliphatic rings. The van der Waals surface area contributed by atoms with Crippen molar-refractivity contribution in [1.82, 2.24) is 4.90 Å². The number of thioether (sulfide) groups is 1. The smallest absolute Gasteiger partial charge is 0.293 e. The molecule has 0 bridgehead atoms. The predicted molar refractivity (Wildman–Crippen MR) is 119 cm³/mol. The van der Waals surface area contributed by atoms with Gasteiger partial charge in [0.2, 0.25) is 0 Å². The van der Waals surface area contributed by atoms with Crippen LogP contribution in [0.25, 0.3) is 6.08 Å². The molecule has 1 atom stereocenters. The fourth-order valence-electron chi connectivity index (χ4n) is 4.80. The molecule has 0 aliphatic carbocycles. The van der Waals surface area contributed by atoms with E-state index in [9.17, 15) is 9.59 Å². The summed E-state index contributed by atoms with van der Waals surface area (Å²) >= 11 is 1.06. The minimum atomic E-state index is -0.160. The van der Waals surface area contributed by atoms with Crippen molar-refractivity contribution in [2.75, 3.05) is 11.4 Å². The molecular weight excluding hydrogens is 368 g/mol. The van der Waals surface area contributed by atoms with Crippen LogP contribution < -0.4 is 4.90 Å². The number of benzene rings is 1. The van der Waals surface area contributed by atoms with Crippen LogP contribution in [-0.2, 0) is 4.79 Å². The lowest BCUT2D eigenvalue weighted by Gasteiger charge is -2.50. The Balaban J connectivity index is 2.04. The van der Waals surface area contributed by atoms with E-state index < -0.39 is 0 Å². The van der Waals surface area contributed by atoms with Gasteiger partial charge in [-0.25, -0.2) is 0 Å². The van der Waals surface area contributed by atoms with Gasteiger partial charge >= 0.3 is 0 Å². The maximum atomic E-state index is 12.6. The van der Waals surface area contributed by atoms with Gasteiger partial charge in [-0.2, -0.15) is 0 Å². The molecule has 2 amide bonds. The van der Waals surface area contributed by atoms with Gasteiger partial charge in [0.25, 0.3) is 11.1 Å². The van der Waals surface area contributed by atoms with Gasteiger partial charge in [0.1, 0.15) is 0 Å². The number of nitrogens with zero attached hydrogens (tertiary/aromatic N) is 2. The number of rotatable bonds is 4. The summed E-state index contributed by atoms with van der Waals surface area (Å²) in [7, 11) is 0. The standard InChI is InChI=1S/C23H32N2O2S/c1-8-9-24-21(26)20(28-22(24)27)12-17-11-18-16(5)13-23(6,7)25(14(2)3)19(18)10-15(17)4/h10-12,14,16H,8-9,13H2,1-7H3/b20-12-/t16-/m1/s1. The summed E-state index contributed by atoms with van der Waals surface area (Å²) in [4.78, 5) is 29.2. The van der Waals surface area contributed by atoms with Crippen molar-refractivity contribution in [3.63, 3.8) is 0 Å². The van der Waals surface area contributed by atoms with Crippen molar-refractivity contribution in [2.45, 2.75) is 78.8 Å². The maximum absolute atomic E-state index is 12.6. The molecule has 0 aromatic heterocycles. The van der Waals surface area contributed by atoms with Gasteiger partial charge in [-0.15, -0.1) is 0 Å². The molecular formula is C23H32N2O2S. The van der Waals surface area contributed by atoms with Crippen molar-refractivity contribution in [2.24, 2.45) is 0 Å². The van der Waals surface area contributed by atoms with Crippen molar-refractivity contribution >= 4 is 34.7 Å². The monoisotopic (exact) mass is 400 g/mol. The molecule has 1 aromatic carbocycles. The Kier molecular flexibility index (Phi) is 5.68. The lowest BCUT2D eigenvalue weighted by Crippen LogP contribution is -2.51. The molecule has 4 nitrogen and oxygen atoms in total. The van der Waals surface area contributed by atoms with Gasteiger partial charge in [-0.3, -0.25) is 14.5 Å². The summed E-state index contributed by atoms with van der Waals surface area (Å²) in [6.07, 6.45) is 3.78. The molecule has 0 unspecified atom stereocenters. The van der Waals surface area contributed by atoms with E-state index in [1.165, 1.54) is 16.2 Å². The summed E-state index contributed by atoms with van der Waals surface area (Å²) < 4.78 is 0. The summed E-state index contributed by atoms with van der Waals surface area (Å²) in [6, 6.07) is 4.90. The van der Waals surface area contributed by atoms with Gasteiger partial charge in [-0.05, 0) is 100 Å². The van der Waals surface area contributed by atoms with Crippen LogP contribution in [0.1, 0.15) is 77.0 Å². The lowest BCUT2D eigenvalue weighted by molar-refractivity contribution is -0.122. The first kappa shape index (κ1) is 21.0. The van der Waals surface area contributed by atoms with Crippen molar-refractivity contribution in [3.8, 4) is 0 Å². The van der Waals surface area contributed by atoms with E-state index in [4.69, 9.17) is 0 Å². The average molecular weight is 401 g/mol. The van der Waals surface area contributed by atoms with Gasteiger partial charge < -0.3 is 4.90 Å². The highest BCUT2D eigenvalue weighted by atomic mass is 32.2. The van der Waals surface area contributed by atoms with Crippen LogP contribution in [0.3, 0.4) is 0 Å². The number of amides is 2. The van der Waals surface area contributed by atoms with Gasteiger partial charge in [-0.1, -0.05) is 13.8 Å². The number of carbonyl (C=O) groups is 2. The third kappa shape index (κ3) is 3.61. The molecule has 0 N–H and O–H groups in total. The molecule has 2 aliphatic heterocycles. The molecule has 0 saturated carbocycles. The van der Waals surface area contributed by atoms with Crippen LogP contribution >= 0.6 is 11.8 Å². The Morgan fingerprint density at radius 2 is 1.96 bits per heavy atom. The summed E-state index contributed by atoms with van der Waals surface area (Å²) in [6.45, 7) is 16.0. The highest BCUT2D eigenvalue weighted by Gasteiger charge is 2.38. The van der Waals surface area contributed by atoms with Crippen LogP contribution in [0.5, 0.6) is 0 Å². The molecule has 0 spiro atoms. The minimum absolute atomic E-state index is 0.108. The molecule has 1 aromatic rings. The third-order valence-corrected chi connectivity index (χ3v) is 6.69. The fraction of sp³-hybridized carbons (Fsp3) is 0.565. The zero-order chi connectivity index (χ0) is 20.8. The molecule has 1 saturated heterocycles. The van der Waals surface area contributed by atoms with Gasteiger partial charge in [0, 0.05) is 23.8 Å². The number of carbonyl (C=O) groups excluding carboxylic acids is 2. The molecule has 0 radical (unpaired) electrons. The normalized spacial score (nSPS) is 23.1. The number of hydrogen-bond acceptors (Lipinski definition) is 4. The Bertz CT molecular complexity index is 841.